The van der Waals surface area contributed by atoms with Crippen LogP contribution in [0.25, 0.3) is 0 Å². The topological polar surface area (TPSA) is 45.0 Å². The Morgan fingerprint density at radius 3 is 2.83 bits per heavy atom. The molecule has 1 saturated heterocycles. The maximum Gasteiger partial charge on any atom is 0.101 e. The van der Waals surface area contributed by atoms with E-state index in [1.54, 1.807) is 6.07 Å². The summed E-state index contributed by atoms with van der Waals surface area (Å²) in [6, 6.07) is 6.14. The van der Waals surface area contributed by atoms with Gasteiger partial charge in [-0.1, -0.05) is 25.4 Å². The molecule has 0 aliphatic carbocycles. The van der Waals surface area contributed by atoms with Gasteiger partial charge >= 0.3 is 0 Å². The molecular formula is C14H17ClN2O. The van der Waals surface area contributed by atoms with Crippen LogP contribution in [0.5, 0.6) is 0 Å². The minimum atomic E-state index is 0.319. The molecule has 1 aliphatic heterocycles. The minimum absolute atomic E-state index is 0.319. The van der Waals surface area contributed by atoms with Crippen LogP contribution in [0.3, 0.4) is 0 Å². The molecule has 96 valence electrons. The second-order valence-corrected chi connectivity index (χ2v) is 5.06. The summed E-state index contributed by atoms with van der Waals surface area (Å²) in [6.45, 7) is 5.73. The van der Waals surface area contributed by atoms with E-state index in [9.17, 15) is 0 Å². The predicted octanol–water partition coefficient (Wildman–Crippen LogP) is 3.22. The summed E-state index contributed by atoms with van der Waals surface area (Å²) in [5.74, 6) is 0.490. The number of rotatable bonds is 3. The predicted molar refractivity (Wildman–Crippen MR) is 72.9 cm³/mol. The number of nitriles is 1. The molecule has 4 heteroatoms. The van der Waals surface area contributed by atoms with Crippen molar-refractivity contribution in [2.75, 3.05) is 18.5 Å². The molecule has 1 aromatic rings. The molecule has 0 bridgehead atoms. The highest BCUT2D eigenvalue weighted by Crippen LogP contribution is 2.30. The fourth-order valence-corrected chi connectivity index (χ4v) is 2.57. The van der Waals surface area contributed by atoms with Gasteiger partial charge in [0.25, 0.3) is 0 Å². The van der Waals surface area contributed by atoms with Crippen LogP contribution in [0.15, 0.2) is 12.1 Å². The van der Waals surface area contributed by atoms with Crippen molar-refractivity contribution in [3.8, 4) is 6.07 Å². The van der Waals surface area contributed by atoms with Crippen LogP contribution in [-0.2, 0) is 11.2 Å². The van der Waals surface area contributed by atoms with Gasteiger partial charge in [-0.2, -0.15) is 5.26 Å². The largest absolute Gasteiger partial charge is 0.379 e. The highest BCUT2D eigenvalue weighted by atomic mass is 35.5. The van der Waals surface area contributed by atoms with Gasteiger partial charge in [-0.15, -0.1) is 0 Å². The molecule has 0 amide bonds. The van der Waals surface area contributed by atoms with Crippen LogP contribution in [0.2, 0.25) is 5.02 Å². The minimum Gasteiger partial charge on any atom is -0.379 e. The second-order valence-electron chi connectivity index (χ2n) is 4.68. The molecule has 0 saturated carbocycles. The van der Waals surface area contributed by atoms with Gasteiger partial charge in [0.1, 0.15) is 6.07 Å². The third-order valence-corrected chi connectivity index (χ3v) is 3.85. The van der Waals surface area contributed by atoms with E-state index in [2.05, 4.69) is 18.3 Å². The number of hydrogen-bond donors (Lipinski definition) is 1. The standard InChI is InChI=1S/C14H17ClN2O/c1-3-11-12(5-4-10(6-16)14(11)15)17-13-8-18-7-9(13)2/h4-5,9,13,17H,3,7-8H2,1-2H3. The fraction of sp³-hybridized carbons (Fsp3) is 0.500. The Kier molecular flexibility index (Phi) is 4.11. The van der Waals surface area contributed by atoms with E-state index in [-0.39, 0.29) is 0 Å². The molecule has 0 spiro atoms. The van der Waals surface area contributed by atoms with Gasteiger partial charge in [-0.25, -0.2) is 0 Å². The van der Waals surface area contributed by atoms with Gasteiger partial charge in [-0.3, -0.25) is 0 Å². The Morgan fingerprint density at radius 2 is 2.28 bits per heavy atom. The summed E-state index contributed by atoms with van der Waals surface area (Å²) < 4.78 is 5.44. The normalized spacial score (nSPS) is 22.8. The Hall–Kier alpha value is -1.24. The van der Waals surface area contributed by atoms with E-state index in [1.807, 2.05) is 13.0 Å². The summed E-state index contributed by atoms with van der Waals surface area (Å²) in [5, 5.41) is 13.0. The van der Waals surface area contributed by atoms with Gasteiger partial charge in [0, 0.05) is 11.6 Å². The summed E-state index contributed by atoms with van der Waals surface area (Å²) in [7, 11) is 0. The van der Waals surface area contributed by atoms with Crippen LogP contribution in [0.1, 0.15) is 25.0 Å². The molecule has 1 aromatic carbocycles. The highest BCUT2D eigenvalue weighted by Gasteiger charge is 2.25. The number of benzene rings is 1. The fourth-order valence-electron chi connectivity index (χ4n) is 2.23. The third kappa shape index (κ3) is 2.45. The average Bonchev–Trinajstić information content (AvgIpc) is 2.76. The molecule has 0 radical (unpaired) electrons. The van der Waals surface area contributed by atoms with Crippen molar-refractivity contribution < 1.29 is 4.74 Å². The molecule has 18 heavy (non-hydrogen) atoms. The van der Waals surface area contributed by atoms with Gasteiger partial charge in [0.2, 0.25) is 0 Å². The van der Waals surface area contributed by atoms with Crippen LogP contribution in [0.4, 0.5) is 5.69 Å². The molecule has 1 N–H and O–H groups in total. The molecular weight excluding hydrogens is 248 g/mol. The average molecular weight is 265 g/mol. The maximum atomic E-state index is 8.98. The van der Waals surface area contributed by atoms with Gasteiger partial charge in [-0.05, 0) is 24.1 Å². The van der Waals surface area contributed by atoms with E-state index >= 15 is 0 Å². The molecule has 0 aromatic heterocycles. The summed E-state index contributed by atoms with van der Waals surface area (Å²) in [5.41, 5.74) is 2.56. The van der Waals surface area contributed by atoms with Crippen molar-refractivity contribution >= 4 is 17.3 Å². The number of nitrogens with one attached hydrogen (secondary N) is 1. The number of halogens is 1. The van der Waals surface area contributed by atoms with E-state index in [0.29, 0.717) is 22.5 Å². The van der Waals surface area contributed by atoms with Gasteiger partial charge in [0.15, 0.2) is 0 Å². The van der Waals surface area contributed by atoms with E-state index in [1.165, 1.54) is 0 Å². The van der Waals surface area contributed by atoms with Crippen molar-refractivity contribution in [1.29, 1.82) is 5.26 Å². The first-order valence-electron chi connectivity index (χ1n) is 6.23. The Balaban J connectivity index is 2.28. The quantitative estimate of drug-likeness (QED) is 0.912. The lowest BCUT2D eigenvalue weighted by Gasteiger charge is -2.20. The maximum absolute atomic E-state index is 8.98. The smallest absolute Gasteiger partial charge is 0.101 e. The lowest BCUT2D eigenvalue weighted by Crippen LogP contribution is -2.26. The molecule has 2 atom stereocenters. The molecule has 1 aliphatic rings. The van der Waals surface area contributed by atoms with Crippen LogP contribution in [0, 0.1) is 17.2 Å². The van der Waals surface area contributed by atoms with Crippen LogP contribution >= 0.6 is 11.6 Å². The van der Waals surface area contributed by atoms with Crippen molar-refractivity contribution in [2.24, 2.45) is 5.92 Å². The van der Waals surface area contributed by atoms with Crippen LogP contribution < -0.4 is 5.32 Å². The first-order valence-corrected chi connectivity index (χ1v) is 6.61. The van der Waals surface area contributed by atoms with Crippen molar-refractivity contribution in [3.05, 3.63) is 28.3 Å². The summed E-state index contributed by atoms with van der Waals surface area (Å²) in [6.07, 6.45) is 0.804. The first kappa shape index (κ1) is 13.2. The third-order valence-electron chi connectivity index (χ3n) is 3.42. The number of ether oxygens (including phenoxy) is 1. The zero-order valence-corrected chi connectivity index (χ0v) is 11.4. The SMILES string of the molecule is CCc1c(NC2COCC2C)ccc(C#N)c1Cl. The lowest BCUT2D eigenvalue weighted by molar-refractivity contribution is 0.187. The molecule has 2 unspecified atom stereocenters. The first-order chi connectivity index (χ1) is 8.67. The number of hydrogen-bond acceptors (Lipinski definition) is 3. The van der Waals surface area contributed by atoms with Gasteiger partial charge < -0.3 is 10.1 Å². The van der Waals surface area contributed by atoms with Crippen LogP contribution in [-0.4, -0.2) is 19.3 Å². The number of nitrogens with zero attached hydrogens (tertiary/aromatic N) is 1. The zero-order valence-electron chi connectivity index (χ0n) is 10.7. The molecule has 2 rings (SSSR count). The van der Waals surface area contributed by atoms with Crippen molar-refractivity contribution in [2.45, 2.75) is 26.3 Å². The van der Waals surface area contributed by atoms with Crippen molar-refractivity contribution in [1.82, 2.24) is 0 Å². The molecule has 1 fully saturated rings. The zero-order chi connectivity index (χ0) is 13.1. The monoisotopic (exact) mass is 264 g/mol. The Labute approximate surface area is 113 Å². The Bertz CT molecular complexity index is 481. The van der Waals surface area contributed by atoms with Crippen molar-refractivity contribution in [3.63, 3.8) is 0 Å². The van der Waals surface area contributed by atoms with E-state index in [4.69, 9.17) is 21.6 Å². The highest BCUT2D eigenvalue weighted by molar-refractivity contribution is 6.32. The summed E-state index contributed by atoms with van der Waals surface area (Å²) >= 11 is 6.24. The van der Waals surface area contributed by atoms with E-state index in [0.717, 1.165) is 30.9 Å². The molecule has 3 nitrogen and oxygen atoms in total. The second kappa shape index (κ2) is 5.60. The lowest BCUT2D eigenvalue weighted by atomic mass is 10.0. The molecule has 1 heterocycles. The summed E-state index contributed by atoms with van der Waals surface area (Å²) in [4.78, 5) is 0. The Morgan fingerprint density at radius 1 is 1.50 bits per heavy atom. The van der Waals surface area contributed by atoms with E-state index < -0.39 is 0 Å². The van der Waals surface area contributed by atoms with Gasteiger partial charge in [0.05, 0.1) is 29.8 Å². The number of anilines is 1.